The summed E-state index contributed by atoms with van der Waals surface area (Å²) >= 11 is 0. The van der Waals surface area contributed by atoms with E-state index in [0.717, 1.165) is 11.3 Å². The second-order valence-corrected chi connectivity index (χ2v) is 5.33. The molecule has 0 heterocycles. The lowest BCUT2D eigenvalue weighted by Gasteiger charge is -2.24. The van der Waals surface area contributed by atoms with Crippen LogP contribution in [0, 0.1) is 6.92 Å². The van der Waals surface area contributed by atoms with Gasteiger partial charge < -0.3 is 4.90 Å². The molecular formula is C14H21NO. The fourth-order valence-electron chi connectivity index (χ4n) is 1.61. The highest BCUT2D eigenvalue weighted by Crippen LogP contribution is 2.28. The Labute approximate surface area is 98.3 Å². The fourth-order valence-corrected chi connectivity index (χ4v) is 1.61. The van der Waals surface area contributed by atoms with E-state index >= 15 is 0 Å². The van der Waals surface area contributed by atoms with Gasteiger partial charge in [-0.25, -0.2) is 0 Å². The van der Waals surface area contributed by atoms with Gasteiger partial charge in [0.25, 0.3) is 0 Å². The number of nitrogens with zero attached hydrogens (tertiary/aromatic N) is 1. The van der Waals surface area contributed by atoms with Crippen molar-refractivity contribution in [3.05, 3.63) is 29.3 Å². The summed E-state index contributed by atoms with van der Waals surface area (Å²) in [5.74, 6) is 0.0640. The third-order valence-corrected chi connectivity index (χ3v) is 2.91. The normalized spacial score (nSPS) is 11.4. The zero-order valence-corrected chi connectivity index (χ0v) is 11.1. The van der Waals surface area contributed by atoms with Crippen molar-refractivity contribution >= 4 is 11.6 Å². The third-order valence-electron chi connectivity index (χ3n) is 2.91. The number of carbonyl (C=O) groups is 1. The van der Waals surface area contributed by atoms with Crippen molar-refractivity contribution in [2.45, 2.75) is 40.0 Å². The number of amides is 1. The maximum Gasteiger partial charge on any atom is 0.223 e. The average Bonchev–Trinajstić information content (AvgIpc) is 2.15. The molecule has 0 atom stereocenters. The number of rotatable bonds is 1. The van der Waals surface area contributed by atoms with Gasteiger partial charge in [-0.3, -0.25) is 4.79 Å². The Hall–Kier alpha value is -1.31. The standard InChI is InChI=1S/C14H21NO/c1-10-7-8-12(14(3,4)5)9-13(10)15(6)11(2)16/h7-9H,1-6H3. The van der Waals surface area contributed by atoms with Gasteiger partial charge in [0.15, 0.2) is 0 Å². The SMILES string of the molecule is CC(=O)N(C)c1cc(C(C)(C)C)ccc1C. The van der Waals surface area contributed by atoms with E-state index < -0.39 is 0 Å². The molecule has 0 aliphatic rings. The van der Waals surface area contributed by atoms with Crippen LogP contribution in [0.15, 0.2) is 18.2 Å². The topological polar surface area (TPSA) is 20.3 Å². The molecule has 2 nitrogen and oxygen atoms in total. The fraction of sp³-hybridized carbons (Fsp3) is 0.500. The van der Waals surface area contributed by atoms with E-state index in [9.17, 15) is 4.79 Å². The molecule has 1 rings (SSSR count). The van der Waals surface area contributed by atoms with E-state index in [1.54, 1.807) is 11.8 Å². The molecule has 1 amide bonds. The van der Waals surface area contributed by atoms with Crippen LogP contribution >= 0.6 is 0 Å². The van der Waals surface area contributed by atoms with Crippen LogP contribution in [-0.2, 0) is 10.2 Å². The summed E-state index contributed by atoms with van der Waals surface area (Å²) in [6.07, 6.45) is 0. The number of hydrogen-bond acceptors (Lipinski definition) is 1. The van der Waals surface area contributed by atoms with Crippen LogP contribution in [0.5, 0.6) is 0 Å². The molecular weight excluding hydrogens is 198 g/mol. The minimum Gasteiger partial charge on any atom is -0.315 e. The van der Waals surface area contributed by atoms with Crippen LogP contribution in [-0.4, -0.2) is 13.0 Å². The van der Waals surface area contributed by atoms with Crippen molar-refractivity contribution in [2.24, 2.45) is 0 Å². The molecule has 2 heteroatoms. The van der Waals surface area contributed by atoms with Crippen molar-refractivity contribution in [3.63, 3.8) is 0 Å². The predicted octanol–water partition coefficient (Wildman–Crippen LogP) is 3.28. The Kier molecular flexibility index (Phi) is 3.41. The van der Waals surface area contributed by atoms with Crippen LogP contribution in [0.25, 0.3) is 0 Å². The minimum absolute atomic E-state index is 0.0640. The van der Waals surface area contributed by atoms with Crippen LogP contribution < -0.4 is 4.90 Å². The minimum atomic E-state index is 0.0640. The van der Waals surface area contributed by atoms with Crippen molar-refractivity contribution in [1.29, 1.82) is 0 Å². The number of benzene rings is 1. The van der Waals surface area contributed by atoms with Gasteiger partial charge in [0.2, 0.25) is 5.91 Å². The maximum absolute atomic E-state index is 11.4. The summed E-state index contributed by atoms with van der Waals surface area (Å²) in [5, 5.41) is 0. The first-order chi connectivity index (χ1) is 7.23. The first-order valence-electron chi connectivity index (χ1n) is 5.59. The summed E-state index contributed by atoms with van der Waals surface area (Å²) in [4.78, 5) is 13.1. The van der Waals surface area contributed by atoms with Crippen LogP contribution in [0.2, 0.25) is 0 Å². The molecule has 0 spiro atoms. The van der Waals surface area contributed by atoms with Crippen molar-refractivity contribution in [3.8, 4) is 0 Å². The van der Waals surface area contributed by atoms with Gasteiger partial charge in [-0.15, -0.1) is 0 Å². The molecule has 0 saturated heterocycles. The number of carbonyl (C=O) groups excluding carboxylic acids is 1. The molecule has 0 unspecified atom stereocenters. The highest BCUT2D eigenvalue weighted by Gasteiger charge is 2.16. The molecule has 1 aromatic carbocycles. The molecule has 88 valence electrons. The molecule has 0 aromatic heterocycles. The van der Waals surface area contributed by atoms with E-state index in [0.29, 0.717) is 0 Å². The first kappa shape index (κ1) is 12.8. The van der Waals surface area contributed by atoms with Gasteiger partial charge in [0.1, 0.15) is 0 Å². The van der Waals surface area contributed by atoms with Crippen LogP contribution in [0.1, 0.15) is 38.8 Å². The molecule has 0 N–H and O–H groups in total. The number of anilines is 1. The Balaban J connectivity index is 3.24. The highest BCUT2D eigenvalue weighted by atomic mass is 16.2. The van der Waals surface area contributed by atoms with Crippen LogP contribution in [0.3, 0.4) is 0 Å². The number of aryl methyl sites for hydroxylation is 1. The van der Waals surface area contributed by atoms with Gasteiger partial charge in [-0.05, 0) is 29.5 Å². The lowest BCUT2D eigenvalue weighted by atomic mass is 9.86. The average molecular weight is 219 g/mol. The molecule has 0 bridgehead atoms. The molecule has 0 aliphatic heterocycles. The van der Waals surface area contributed by atoms with Crippen LogP contribution in [0.4, 0.5) is 5.69 Å². The number of hydrogen-bond donors (Lipinski definition) is 0. The quantitative estimate of drug-likeness (QED) is 0.710. The first-order valence-corrected chi connectivity index (χ1v) is 5.59. The van der Waals surface area contributed by atoms with Gasteiger partial charge in [0, 0.05) is 19.7 Å². The van der Waals surface area contributed by atoms with Crippen molar-refractivity contribution in [1.82, 2.24) is 0 Å². The van der Waals surface area contributed by atoms with E-state index in [2.05, 4.69) is 39.0 Å². The summed E-state index contributed by atoms with van der Waals surface area (Å²) in [5.41, 5.74) is 3.49. The zero-order valence-electron chi connectivity index (χ0n) is 11.1. The predicted molar refractivity (Wildman–Crippen MR) is 69.0 cm³/mol. The maximum atomic E-state index is 11.4. The lowest BCUT2D eigenvalue weighted by molar-refractivity contribution is -0.116. The molecule has 1 aromatic rings. The second-order valence-electron chi connectivity index (χ2n) is 5.33. The van der Waals surface area contributed by atoms with E-state index in [-0.39, 0.29) is 11.3 Å². The van der Waals surface area contributed by atoms with E-state index in [1.165, 1.54) is 5.56 Å². The zero-order chi connectivity index (χ0) is 12.5. The van der Waals surface area contributed by atoms with Gasteiger partial charge >= 0.3 is 0 Å². The highest BCUT2D eigenvalue weighted by molar-refractivity contribution is 5.91. The largest absolute Gasteiger partial charge is 0.315 e. The van der Waals surface area contributed by atoms with E-state index in [4.69, 9.17) is 0 Å². The Morgan fingerprint density at radius 1 is 1.25 bits per heavy atom. The molecule has 0 saturated carbocycles. The summed E-state index contributed by atoms with van der Waals surface area (Å²) in [6, 6.07) is 6.32. The lowest BCUT2D eigenvalue weighted by Crippen LogP contribution is -2.24. The van der Waals surface area contributed by atoms with E-state index in [1.807, 2.05) is 14.0 Å². The molecule has 16 heavy (non-hydrogen) atoms. The Morgan fingerprint density at radius 3 is 2.25 bits per heavy atom. The third kappa shape index (κ3) is 2.63. The monoisotopic (exact) mass is 219 g/mol. The summed E-state index contributed by atoms with van der Waals surface area (Å²) in [7, 11) is 1.82. The Morgan fingerprint density at radius 2 is 1.81 bits per heavy atom. The van der Waals surface area contributed by atoms with Gasteiger partial charge in [-0.2, -0.15) is 0 Å². The molecule has 0 aliphatic carbocycles. The van der Waals surface area contributed by atoms with Gasteiger partial charge in [-0.1, -0.05) is 32.9 Å². The smallest absolute Gasteiger partial charge is 0.223 e. The van der Waals surface area contributed by atoms with Crippen molar-refractivity contribution < 1.29 is 4.79 Å². The molecule has 0 radical (unpaired) electrons. The van der Waals surface area contributed by atoms with Gasteiger partial charge in [0.05, 0.1) is 0 Å². The summed E-state index contributed by atoms with van der Waals surface area (Å²) in [6.45, 7) is 10.1. The summed E-state index contributed by atoms with van der Waals surface area (Å²) < 4.78 is 0. The Bertz CT molecular complexity index is 402. The molecule has 0 fully saturated rings. The second kappa shape index (κ2) is 4.28. The van der Waals surface area contributed by atoms with Crippen molar-refractivity contribution in [2.75, 3.05) is 11.9 Å².